The summed E-state index contributed by atoms with van der Waals surface area (Å²) < 4.78 is 23.5. The molecule has 0 aromatic rings. The first kappa shape index (κ1) is 80.7. The van der Waals surface area contributed by atoms with Gasteiger partial charge in [-0.2, -0.15) is 0 Å². The predicted octanol–water partition coefficient (Wildman–Crippen LogP) is 22.6. The average molecular weight is 1180 g/mol. The number of aliphatic hydroxyl groups is 1. The monoisotopic (exact) mass is 1180 g/mol. The van der Waals surface area contributed by atoms with Crippen LogP contribution in [0.15, 0.2) is 36.5 Å². The minimum Gasteiger partial charge on any atom is -0.756 e. The Kier molecular flexibility index (Phi) is 63.2. The number of unbranched alkanes of at least 4 members (excludes halogenated alkanes) is 51. The number of hydrogen-bond acceptors (Lipinski definition) is 6. The third-order valence-electron chi connectivity index (χ3n) is 16.8. The first-order valence-electron chi connectivity index (χ1n) is 36.4. The number of aliphatic hydroxyl groups excluding tert-OH is 1. The van der Waals surface area contributed by atoms with E-state index in [1.54, 1.807) is 6.08 Å². The molecule has 0 heterocycles. The second kappa shape index (κ2) is 64.2. The Hall–Kier alpha value is -1.28. The van der Waals surface area contributed by atoms with Crippen LogP contribution in [0.5, 0.6) is 0 Å². The molecule has 0 saturated heterocycles. The van der Waals surface area contributed by atoms with Gasteiger partial charge in [0.05, 0.1) is 39.9 Å². The van der Waals surface area contributed by atoms with E-state index < -0.39 is 20.0 Å². The number of hydrogen-bond donors (Lipinski definition) is 2. The van der Waals surface area contributed by atoms with Crippen LogP contribution in [0.1, 0.15) is 373 Å². The standard InChI is InChI=1S/C73H143N2O6P/c1-6-8-10-12-14-16-18-20-22-24-26-28-30-32-34-36-37-39-41-43-45-47-49-51-53-55-57-59-61-63-65-67-73(77)74-71(70-81-82(78,79)80-69-68-75(3,4)5)72(76)66-64-62-60-58-56-54-52-50-48-46-44-42-40-38-35-33-31-29-27-25-23-21-19-17-15-13-11-9-7-2/h18,20,24,26,64,66,71-72,76H,6-17,19,21-23,25,27-63,65,67-70H2,1-5H3,(H-,74,77,78,79)/b20-18-,26-24-,66-64+. The first-order valence-corrected chi connectivity index (χ1v) is 37.8. The molecule has 0 saturated carbocycles. The zero-order valence-electron chi connectivity index (χ0n) is 55.7. The average Bonchev–Trinajstić information content (AvgIpc) is 3.47. The van der Waals surface area contributed by atoms with Crippen LogP contribution in [0, 0.1) is 0 Å². The fraction of sp³-hybridized carbons (Fsp3) is 0.904. The van der Waals surface area contributed by atoms with Crippen LogP contribution in [0.4, 0.5) is 0 Å². The molecule has 2 N–H and O–H groups in total. The lowest BCUT2D eigenvalue weighted by Gasteiger charge is -2.29. The summed E-state index contributed by atoms with van der Waals surface area (Å²) in [6.45, 7) is 4.70. The maximum absolute atomic E-state index is 13.0. The topological polar surface area (TPSA) is 108 Å². The number of phosphoric acid groups is 1. The van der Waals surface area contributed by atoms with E-state index in [0.717, 1.165) is 44.9 Å². The summed E-state index contributed by atoms with van der Waals surface area (Å²) in [5.74, 6) is -0.190. The third-order valence-corrected chi connectivity index (χ3v) is 17.8. The van der Waals surface area contributed by atoms with Crippen LogP contribution in [-0.2, 0) is 18.4 Å². The van der Waals surface area contributed by atoms with Gasteiger partial charge >= 0.3 is 0 Å². The molecule has 0 aliphatic rings. The summed E-state index contributed by atoms with van der Waals surface area (Å²) in [4.78, 5) is 25.7. The molecular weight excluding hydrogens is 1030 g/mol. The van der Waals surface area contributed by atoms with E-state index in [9.17, 15) is 19.4 Å². The SMILES string of the molecule is CCCCCCC/C=C\C/C=C\CCCCCCCCCCCCCCCCCCCCCC(=O)NC(COP(=O)([O-])OCC[N+](C)(C)C)C(O)/C=C/CCCCCCCCCCCCCCCCCCCCCCCCCCCCC. The lowest BCUT2D eigenvalue weighted by molar-refractivity contribution is -0.870. The molecule has 0 aromatic heterocycles. The zero-order chi connectivity index (χ0) is 59.8. The molecule has 0 rings (SSSR count). The predicted molar refractivity (Wildman–Crippen MR) is 358 cm³/mol. The number of carbonyl (C=O) groups excluding carboxylic acids is 1. The summed E-state index contributed by atoms with van der Waals surface area (Å²) in [5.41, 5.74) is 0. The normalized spacial score (nSPS) is 13.8. The van der Waals surface area contributed by atoms with Crippen molar-refractivity contribution in [3.63, 3.8) is 0 Å². The zero-order valence-corrected chi connectivity index (χ0v) is 56.6. The molecule has 9 heteroatoms. The van der Waals surface area contributed by atoms with E-state index in [4.69, 9.17) is 9.05 Å². The Bertz CT molecular complexity index is 1430. The van der Waals surface area contributed by atoms with Gasteiger partial charge in [0.2, 0.25) is 5.91 Å². The number of phosphoric ester groups is 1. The van der Waals surface area contributed by atoms with Crippen molar-refractivity contribution in [2.75, 3.05) is 40.9 Å². The van der Waals surface area contributed by atoms with Crippen LogP contribution in [0.3, 0.4) is 0 Å². The number of quaternary nitrogens is 1. The van der Waals surface area contributed by atoms with Crippen molar-refractivity contribution in [2.45, 2.75) is 386 Å². The molecule has 8 nitrogen and oxygen atoms in total. The highest BCUT2D eigenvalue weighted by atomic mass is 31.2. The molecule has 0 radical (unpaired) electrons. The molecule has 0 spiro atoms. The van der Waals surface area contributed by atoms with E-state index in [0.29, 0.717) is 17.4 Å². The van der Waals surface area contributed by atoms with E-state index in [-0.39, 0.29) is 19.1 Å². The number of nitrogens with zero attached hydrogens (tertiary/aromatic N) is 1. The van der Waals surface area contributed by atoms with Gasteiger partial charge in [0, 0.05) is 6.42 Å². The molecular formula is C73H143N2O6P. The van der Waals surface area contributed by atoms with Crippen LogP contribution < -0.4 is 10.2 Å². The molecule has 486 valence electrons. The van der Waals surface area contributed by atoms with Crippen LogP contribution >= 0.6 is 7.82 Å². The maximum Gasteiger partial charge on any atom is 0.268 e. The number of carbonyl (C=O) groups is 1. The van der Waals surface area contributed by atoms with Gasteiger partial charge in [0.25, 0.3) is 7.82 Å². The highest BCUT2D eigenvalue weighted by Gasteiger charge is 2.23. The third kappa shape index (κ3) is 66.2. The van der Waals surface area contributed by atoms with E-state index >= 15 is 0 Å². The Morgan fingerprint density at radius 2 is 0.707 bits per heavy atom. The van der Waals surface area contributed by atoms with Crippen molar-refractivity contribution in [2.24, 2.45) is 0 Å². The van der Waals surface area contributed by atoms with Gasteiger partial charge in [0.1, 0.15) is 13.2 Å². The second-order valence-electron chi connectivity index (χ2n) is 26.3. The Morgan fingerprint density at radius 1 is 0.427 bits per heavy atom. The molecule has 0 aliphatic heterocycles. The number of rotatable bonds is 68. The van der Waals surface area contributed by atoms with Crippen molar-refractivity contribution in [1.82, 2.24) is 5.32 Å². The molecule has 3 atom stereocenters. The summed E-state index contributed by atoms with van der Waals surface area (Å²) >= 11 is 0. The minimum atomic E-state index is -4.60. The van der Waals surface area contributed by atoms with Gasteiger partial charge in [-0.3, -0.25) is 9.36 Å². The maximum atomic E-state index is 13.0. The molecule has 0 aliphatic carbocycles. The molecule has 0 fully saturated rings. The lowest BCUT2D eigenvalue weighted by atomic mass is 10.0. The Balaban J connectivity index is 4.02. The number of amides is 1. The summed E-state index contributed by atoms with van der Waals surface area (Å²) in [6.07, 6.45) is 85.6. The highest BCUT2D eigenvalue weighted by molar-refractivity contribution is 7.45. The highest BCUT2D eigenvalue weighted by Crippen LogP contribution is 2.38. The molecule has 0 aromatic carbocycles. The number of nitrogens with one attached hydrogen (secondary N) is 1. The minimum absolute atomic E-state index is 0.00112. The van der Waals surface area contributed by atoms with E-state index in [1.165, 1.54) is 308 Å². The fourth-order valence-electron chi connectivity index (χ4n) is 11.2. The Morgan fingerprint density at radius 3 is 1.01 bits per heavy atom. The van der Waals surface area contributed by atoms with Gasteiger partial charge in [-0.15, -0.1) is 0 Å². The van der Waals surface area contributed by atoms with Crippen LogP contribution in [-0.4, -0.2) is 68.5 Å². The van der Waals surface area contributed by atoms with Gasteiger partial charge in [0.15, 0.2) is 0 Å². The van der Waals surface area contributed by atoms with Crippen molar-refractivity contribution in [3.05, 3.63) is 36.5 Å². The van der Waals surface area contributed by atoms with Gasteiger partial charge < -0.3 is 28.8 Å². The molecule has 1 amide bonds. The van der Waals surface area contributed by atoms with Crippen LogP contribution in [0.2, 0.25) is 0 Å². The van der Waals surface area contributed by atoms with Gasteiger partial charge in [-0.05, 0) is 51.4 Å². The summed E-state index contributed by atoms with van der Waals surface area (Å²) in [6, 6.07) is -0.887. The van der Waals surface area contributed by atoms with Crippen molar-refractivity contribution >= 4 is 13.7 Å². The van der Waals surface area contributed by atoms with Crippen LogP contribution in [0.25, 0.3) is 0 Å². The van der Waals surface area contributed by atoms with Crippen molar-refractivity contribution in [1.29, 1.82) is 0 Å². The number of likely N-dealkylation sites (N-methyl/N-ethyl adjacent to an activating group) is 1. The fourth-order valence-corrected chi connectivity index (χ4v) is 11.9. The molecule has 3 unspecified atom stereocenters. The quantitative estimate of drug-likeness (QED) is 0.0272. The van der Waals surface area contributed by atoms with Gasteiger partial charge in [-0.1, -0.05) is 352 Å². The number of allylic oxidation sites excluding steroid dienone is 5. The Labute approximate surface area is 512 Å². The van der Waals surface area contributed by atoms with Crippen molar-refractivity contribution < 1.29 is 32.9 Å². The van der Waals surface area contributed by atoms with Crippen molar-refractivity contribution in [3.8, 4) is 0 Å². The molecule has 0 bridgehead atoms. The molecule has 82 heavy (non-hydrogen) atoms. The van der Waals surface area contributed by atoms with E-state index in [1.807, 2.05) is 27.2 Å². The van der Waals surface area contributed by atoms with Gasteiger partial charge in [-0.25, -0.2) is 0 Å². The second-order valence-corrected chi connectivity index (χ2v) is 27.7. The lowest BCUT2D eigenvalue weighted by Crippen LogP contribution is -2.45. The summed E-state index contributed by atoms with van der Waals surface area (Å²) in [5, 5.41) is 14.0. The summed E-state index contributed by atoms with van der Waals surface area (Å²) in [7, 11) is 1.28. The first-order chi connectivity index (χ1) is 40.0. The van der Waals surface area contributed by atoms with E-state index in [2.05, 4.69) is 43.5 Å². The largest absolute Gasteiger partial charge is 0.756 e. The smallest absolute Gasteiger partial charge is 0.268 e.